The summed E-state index contributed by atoms with van der Waals surface area (Å²) in [4.78, 5) is 0. The third-order valence-electron chi connectivity index (χ3n) is 5.16. The number of rotatable bonds is 2. The van der Waals surface area contributed by atoms with Crippen LogP contribution in [0.5, 0.6) is 0 Å². The Kier molecular flexibility index (Phi) is 3.87. The molecule has 1 aromatic carbocycles. The number of hydrogen-bond acceptors (Lipinski definition) is 2. The van der Waals surface area contributed by atoms with E-state index in [1.54, 1.807) is 0 Å². The van der Waals surface area contributed by atoms with Gasteiger partial charge in [0.15, 0.2) is 0 Å². The third-order valence-corrected chi connectivity index (χ3v) is 5.16. The van der Waals surface area contributed by atoms with E-state index in [0.29, 0.717) is 23.5 Å². The summed E-state index contributed by atoms with van der Waals surface area (Å²) in [5, 5.41) is 7.62. The lowest BCUT2D eigenvalue weighted by Gasteiger charge is -2.29. The van der Waals surface area contributed by atoms with Gasteiger partial charge in [-0.15, -0.1) is 0 Å². The van der Waals surface area contributed by atoms with E-state index >= 15 is 0 Å². The Morgan fingerprint density at radius 2 is 1.80 bits per heavy atom. The van der Waals surface area contributed by atoms with Gasteiger partial charge >= 0.3 is 0 Å². The molecular weight excluding hydrogens is 244 g/mol. The molecular formula is C18H28N2. The predicted octanol–water partition coefficient (Wildman–Crippen LogP) is 3.50. The maximum Gasteiger partial charge on any atom is 0.0324 e. The molecule has 0 spiro atoms. The van der Waals surface area contributed by atoms with Gasteiger partial charge in [0, 0.05) is 24.7 Å². The second kappa shape index (κ2) is 5.50. The van der Waals surface area contributed by atoms with Crippen LogP contribution < -0.4 is 10.6 Å². The van der Waals surface area contributed by atoms with Crippen molar-refractivity contribution in [3.05, 3.63) is 35.9 Å². The van der Waals surface area contributed by atoms with Gasteiger partial charge < -0.3 is 10.6 Å². The zero-order valence-corrected chi connectivity index (χ0v) is 13.0. The first-order valence-corrected chi connectivity index (χ1v) is 8.08. The van der Waals surface area contributed by atoms with Crippen LogP contribution in [0, 0.1) is 11.3 Å². The lowest BCUT2D eigenvalue weighted by atomic mass is 9.86. The Labute approximate surface area is 123 Å². The molecule has 4 atom stereocenters. The SMILES string of the molecule is CC(C)(C)C1CCC(C2CNC(c3ccccc3)C2)N1. The molecule has 0 amide bonds. The van der Waals surface area contributed by atoms with Crippen molar-refractivity contribution >= 4 is 0 Å². The quantitative estimate of drug-likeness (QED) is 0.861. The van der Waals surface area contributed by atoms with Crippen molar-refractivity contribution < 1.29 is 0 Å². The highest BCUT2D eigenvalue weighted by atomic mass is 15.0. The lowest BCUT2D eigenvalue weighted by Crippen LogP contribution is -2.42. The zero-order valence-electron chi connectivity index (χ0n) is 13.0. The Morgan fingerprint density at radius 3 is 2.45 bits per heavy atom. The van der Waals surface area contributed by atoms with E-state index in [2.05, 4.69) is 61.7 Å². The van der Waals surface area contributed by atoms with Crippen molar-refractivity contribution in [2.75, 3.05) is 6.54 Å². The highest BCUT2D eigenvalue weighted by Gasteiger charge is 2.38. The molecule has 2 heteroatoms. The highest BCUT2D eigenvalue weighted by Crippen LogP contribution is 2.35. The monoisotopic (exact) mass is 272 g/mol. The summed E-state index contributed by atoms with van der Waals surface area (Å²) in [7, 11) is 0. The van der Waals surface area contributed by atoms with Crippen LogP contribution in [0.25, 0.3) is 0 Å². The summed E-state index contributed by atoms with van der Waals surface area (Å²) in [6.45, 7) is 8.22. The van der Waals surface area contributed by atoms with Crippen LogP contribution in [0.1, 0.15) is 51.6 Å². The highest BCUT2D eigenvalue weighted by molar-refractivity contribution is 5.20. The van der Waals surface area contributed by atoms with Crippen molar-refractivity contribution in [2.45, 2.75) is 58.2 Å². The molecule has 0 aromatic heterocycles. The molecule has 2 aliphatic heterocycles. The molecule has 110 valence electrons. The average molecular weight is 272 g/mol. The maximum absolute atomic E-state index is 3.90. The molecule has 3 rings (SSSR count). The molecule has 0 saturated carbocycles. The van der Waals surface area contributed by atoms with E-state index in [-0.39, 0.29) is 0 Å². The molecule has 1 aromatic rings. The van der Waals surface area contributed by atoms with Crippen molar-refractivity contribution in [1.82, 2.24) is 10.6 Å². The van der Waals surface area contributed by atoms with Crippen LogP contribution in [-0.2, 0) is 0 Å². The van der Waals surface area contributed by atoms with E-state index in [4.69, 9.17) is 0 Å². The van der Waals surface area contributed by atoms with Crippen LogP contribution in [0.3, 0.4) is 0 Å². The van der Waals surface area contributed by atoms with Gasteiger partial charge in [0.25, 0.3) is 0 Å². The number of benzene rings is 1. The molecule has 2 N–H and O–H groups in total. The maximum atomic E-state index is 3.90. The molecule has 20 heavy (non-hydrogen) atoms. The molecule has 2 fully saturated rings. The van der Waals surface area contributed by atoms with Crippen LogP contribution in [0.4, 0.5) is 0 Å². The second-order valence-corrected chi connectivity index (χ2v) is 7.64. The molecule has 2 heterocycles. The van der Waals surface area contributed by atoms with Crippen molar-refractivity contribution in [3.63, 3.8) is 0 Å². The van der Waals surface area contributed by atoms with Gasteiger partial charge in [-0.2, -0.15) is 0 Å². The first-order chi connectivity index (χ1) is 9.54. The summed E-state index contributed by atoms with van der Waals surface area (Å²) in [5.74, 6) is 0.785. The Morgan fingerprint density at radius 1 is 1.05 bits per heavy atom. The lowest BCUT2D eigenvalue weighted by molar-refractivity contribution is 0.273. The number of nitrogens with one attached hydrogen (secondary N) is 2. The Hall–Kier alpha value is -0.860. The molecule has 0 bridgehead atoms. The van der Waals surface area contributed by atoms with Crippen molar-refractivity contribution in [1.29, 1.82) is 0 Å². The Balaban J connectivity index is 1.59. The summed E-state index contributed by atoms with van der Waals surface area (Å²) in [6, 6.07) is 12.8. The fourth-order valence-electron chi connectivity index (χ4n) is 3.83. The van der Waals surface area contributed by atoms with Crippen molar-refractivity contribution in [3.8, 4) is 0 Å². The van der Waals surface area contributed by atoms with E-state index in [1.807, 2.05) is 0 Å². The smallest absolute Gasteiger partial charge is 0.0324 e. The van der Waals surface area contributed by atoms with Gasteiger partial charge in [-0.05, 0) is 36.2 Å². The second-order valence-electron chi connectivity index (χ2n) is 7.64. The van der Waals surface area contributed by atoms with Crippen LogP contribution >= 0.6 is 0 Å². The standard InChI is InChI=1S/C18H28N2/c1-18(2,3)17-10-9-15(20-17)14-11-16(19-12-14)13-7-5-4-6-8-13/h4-8,14-17,19-20H,9-12H2,1-3H3. The topological polar surface area (TPSA) is 24.1 Å². The minimum atomic E-state index is 0.389. The molecule has 4 unspecified atom stereocenters. The summed E-state index contributed by atoms with van der Waals surface area (Å²) < 4.78 is 0. The van der Waals surface area contributed by atoms with E-state index in [9.17, 15) is 0 Å². The van der Waals surface area contributed by atoms with E-state index in [0.717, 1.165) is 12.5 Å². The van der Waals surface area contributed by atoms with Gasteiger partial charge in [0.05, 0.1) is 0 Å². The third kappa shape index (κ3) is 2.91. The Bertz CT molecular complexity index is 434. The van der Waals surface area contributed by atoms with Crippen molar-refractivity contribution in [2.24, 2.45) is 11.3 Å². The minimum absolute atomic E-state index is 0.389. The van der Waals surface area contributed by atoms with Crippen LogP contribution in [0.2, 0.25) is 0 Å². The number of hydrogen-bond donors (Lipinski definition) is 2. The first-order valence-electron chi connectivity index (χ1n) is 8.08. The summed E-state index contributed by atoms with van der Waals surface area (Å²) >= 11 is 0. The van der Waals surface area contributed by atoms with Crippen LogP contribution in [-0.4, -0.2) is 18.6 Å². The van der Waals surface area contributed by atoms with E-state index in [1.165, 1.54) is 24.8 Å². The normalized spacial score (nSPS) is 34.5. The van der Waals surface area contributed by atoms with Gasteiger partial charge in [-0.1, -0.05) is 51.1 Å². The fraction of sp³-hybridized carbons (Fsp3) is 0.667. The van der Waals surface area contributed by atoms with Gasteiger partial charge in [-0.25, -0.2) is 0 Å². The summed E-state index contributed by atoms with van der Waals surface area (Å²) in [5.41, 5.74) is 1.83. The predicted molar refractivity (Wildman–Crippen MR) is 84.7 cm³/mol. The van der Waals surface area contributed by atoms with Gasteiger partial charge in [0.2, 0.25) is 0 Å². The van der Waals surface area contributed by atoms with Gasteiger partial charge in [0.1, 0.15) is 0 Å². The van der Waals surface area contributed by atoms with Gasteiger partial charge in [-0.3, -0.25) is 0 Å². The van der Waals surface area contributed by atoms with Crippen LogP contribution in [0.15, 0.2) is 30.3 Å². The molecule has 0 aliphatic carbocycles. The minimum Gasteiger partial charge on any atom is -0.310 e. The van der Waals surface area contributed by atoms with E-state index < -0.39 is 0 Å². The molecule has 2 aliphatic rings. The first kappa shape index (κ1) is 14.1. The molecule has 2 saturated heterocycles. The zero-order chi connectivity index (χ0) is 14.2. The largest absolute Gasteiger partial charge is 0.310 e. The molecule has 2 nitrogen and oxygen atoms in total. The molecule has 0 radical (unpaired) electrons. The fourth-order valence-corrected chi connectivity index (χ4v) is 3.83. The summed E-state index contributed by atoms with van der Waals surface area (Å²) in [6.07, 6.45) is 3.95. The average Bonchev–Trinajstić information content (AvgIpc) is 3.08.